The second kappa shape index (κ2) is 6.17. The molecule has 1 fully saturated rings. The molecule has 1 aliphatic rings. The van der Waals surface area contributed by atoms with E-state index < -0.39 is 0 Å². The van der Waals surface area contributed by atoms with Gasteiger partial charge >= 0.3 is 0 Å². The van der Waals surface area contributed by atoms with Crippen molar-refractivity contribution in [1.29, 1.82) is 0 Å². The fourth-order valence-electron chi connectivity index (χ4n) is 2.26. The first-order valence-electron chi connectivity index (χ1n) is 6.22. The van der Waals surface area contributed by atoms with Crippen molar-refractivity contribution >= 4 is 17.4 Å². The van der Waals surface area contributed by atoms with Gasteiger partial charge in [-0.25, -0.2) is 4.98 Å². The van der Waals surface area contributed by atoms with Gasteiger partial charge in [-0.15, -0.1) is 0 Å². The topological polar surface area (TPSA) is 41.0 Å². The van der Waals surface area contributed by atoms with Gasteiger partial charge in [0.15, 0.2) is 0 Å². The van der Waals surface area contributed by atoms with Gasteiger partial charge in [0.2, 0.25) is 0 Å². The van der Waals surface area contributed by atoms with Crippen molar-refractivity contribution in [2.75, 3.05) is 31.1 Å². The predicted octanol–water partition coefficient (Wildman–Crippen LogP) is 1.96. The highest BCUT2D eigenvalue weighted by Crippen LogP contribution is 2.17. The smallest absolute Gasteiger partial charge is 0.149 e. The Labute approximate surface area is 107 Å². The number of piperidine rings is 1. The van der Waals surface area contributed by atoms with Crippen molar-refractivity contribution in [3.63, 3.8) is 0 Å². The number of anilines is 1. The zero-order valence-corrected chi connectivity index (χ0v) is 11.0. The second-order valence-corrected chi connectivity index (χ2v) is 4.84. The van der Waals surface area contributed by atoms with Crippen LogP contribution in [0.3, 0.4) is 0 Å². The number of nitrogens with one attached hydrogen (secondary N) is 1. The maximum atomic E-state index is 5.88. The Bertz CT molecular complexity index is 352. The zero-order chi connectivity index (χ0) is 12.1. The zero-order valence-electron chi connectivity index (χ0n) is 10.2. The fraction of sp³-hybridized carbons (Fsp3) is 0.667. The van der Waals surface area contributed by atoms with E-state index in [1.54, 1.807) is 12.4 Å². The molecule has 0 saturated carbocycles. The molecule has 2 rings (SSSR count). The van der Waals surface area contributed by atoms with E-state index in [1.807, 2.05) is 0 Å². The average molecular weight is 255 g/mol. The summed E-state index contributed by atoms with van der Waals surface area (Å²) in [6.07, 6.45) is 5.91. The van der Waals surface area contributed by atoms with Crippen molar-refractivity contribution < 1.29 is 0 Å². The molecule has 0 spiro atoms. The lowest BCUT2D eigenvalue weighted by molar-refractivity contribution is 0.377. The van der Waals surface area contributed by atoms with Gasteiger partial charge in [0.25, 0.3) is 0 Å². The summed E-state index contributed by atoms with van der Waals surface area (Å²) in [5, 5.41) is 3.90. The predicted molar refractivity (Wildman–Crippen MR) is 70.5 cm³/mol. The van der Waals surface area contributed by atoms with Gasteiger partial charge in [-0.2, -0.15) is 0 Å². The Hall–Kier alpha value is -0.870. The van der Waals surface area contributed by atoms with Crippen LogP contribution in [-0.2, 0) is 0 Å². The van der Waals surface area contributed by atoms with E-state index in [0.29, 0.717) is 11.1 Å². The molecule has 1 saturated heterocycles. The van der Waals surface area contributed by atoms with E-state index in [2.05, 4.69) is 27.1 Å². The summed E-state index contributed by atoms with van der Waals surface area (Å²) < 4.78 is 0. The number of hydrogen-bond donors (Lipinski definition) is 1. The van der Waals surface area contributed by atoms with Crippen molar-refractivity contribution in [2.45, 2.75) is 19.8 Å². The summed E-state index contributed by atoms with van der Waals surface area (Å²) in [6.45, 7) is 6.35. The van der Waals surface area contributed by atoms with Crippen LogP contribution >= 0.6 is 11.6 Å². The van der Waals surface area contributed by atoms with Crippen molar-refractivity contribution in [3.8, 4) is 0 Å². The van der Waals surface area contributed by atoms with Gasteiger partial charge < -0.3 is 10.2 Å². The highest BCUT2D eigenvalue weighted by Gasteiger charge is 2.17. The molecule has 17 heavy (non-hydrogen) atoms. The molecule has 1 atom stereocenters. The Morgan fingerprint density at radius 3 is 3.06 bits per heavy atom. The quantitative estimate of drug-likeness (QED) is 0.892. The normalized spacial score (nSPS) is 20.2. The number of aromatic nitrogens is 2. The van der Waals surface area contributed by atoms with Crippen LogP contribution in [0.2, 0.25) is 5.15 Å². The lowest BCUT2D eigenvalue weighted by atomic mass is 9.99. The molecular weight excluding hydrogens is 236 g/mol. The van der Waals surface area contributed by atoms with E-state index >= 15 is 0 Å². The van der Waals surface area contributed by atoms with Crippen LogP contribution in [0.1, 0.15) is 19.8 Å². The van der Waals surface area contributed by atoms with Gasteiger partial charge in [0.05, 0.1) is 12.4 Å². The highest BCUT2D eigenvalue weighted by molar-refractivity contribution is 6.29. The molecule has 94 valence electrons. The number of nitrogens with zero attached hydrogens (tertiary/aromatic N) is 3. The monoisotopic (exact) mass is 254 g/mol. The highest BCUT2D eigenvalue weighted by atomic mass is 35.5. The largest absolute Gasteiger partial charge is 0.355 e. The van der Waals surface area contributed by atoms with E-state index in [9.17, 15) is 0 Å². The minimum absolute atomic E-state index is 0.461. The van der Waals surface area contributed by atoms with Gasteiger partial charge in [0.1, 0.15) is 11.0 Å². The van der Waals surface area contributed by atoms with E-state index in [0.717, 1.165) is 32.0 Å². The van der Waals surface area contributed by atoms with Crippen LogP contribution in [0.5, 0.6) is 0 Å². The summed E-state index contributed by atoms with van der Waals surface area (Å²) in [4.78, 5) is 10.7. The van der Waals surface area contributed by atoms with E-state index in [-0.39, 0.29) is 0 Å². The van der Waals surface area contributed by atoms with Crippen LogP contribution in [0.15, 0.2) is 12.4 Å². The summed E-state index contributed by atoms with van der Waals surface area (Å²) in [5.41, 5.74) is 0. The maximum Gasteiger partial charge on any atom is 0.149 e. The molecule has 1 N–H and O–H groups in total. The maximum absolute atomic E-state index is 5.88. The van der Waals surface area contributed by atoms with E-state index in [4.69, 9.17) is 11.6 Å². The summed E-state index contributed by atoms with van der Waals surface area (Å²) in [5.74, 6) is 1.58. The van der Waals surface area contributed by atoms with Crippen LogP contribution < -0.4 is 10.2 Å². The average Bonchev–Trinajstić information content (AvgIpc) is 2.37. The molecule has 5 heteroatoms. The molecule has 1 aromatic heterocycles. The molecule has 0 amide bonds. The van der Waals surface area contributed by atoms with Gasteiger partial charge in [0, 0.05) is 13.1 Å². The molecule has 1 aromatic rings. The van der Waals surface area contributed by atoms with Crippen LogP contribution in [0.25, 0.3) is 0 Å². The lowest BCUT2D eigenvalue weighted by Gasteiger charge is -2.30. The molecule has 1 unspecified atom stereocenters. The van der Waals surface area contributed by atoms with Crippen LogP contribution in [0.4, 0.5) is 5.82 Å². The Kier molecular flexibility index (Phi) is 4.57. The molecule has 0 radical (unpaired) electrons. The third-order valence-electron chi connectivity index (χ3n) is 3.18. The third-order valence-corrected chi connectivity index (χ3v) is 3.36. The van der Waals surface area contributed by atoms with Crippen molar-refractivity contribution in [1.82, 2.24) is 15.3 Å². The summed E-state index contributed by atoms with van der Waals surface area (Å²) >= 11 is 5.88. The van der Waals surface area contributed by atoms with Crippen molar-refractivity contribution in [3.05, 3.63) is 17.5 Å². The molecule has 1 aliphatic heterocycles. The molecular formula is C12H19ClN4. The Morgan fingerprint density at radius 2 is 2.41 bits per heavy atom. The molecule has 4 nitrogen and oxygen atoms in total. The Morgan fingerprint density at radius 1 is 1.53 bits per heavy atom. The molecule has 0 bridgehead atoms. The number of rotatable bonds is 4. The molecule has 0 aliphatic carbocycles. The minimum atomic E-state index is 0.461. The second-order valence-electron chi connectivity index (χ2n) is 4.45. The minimum Gasteiger partial charge on any atom is -0.355 e. The van der Waals surface area contributed by atoms with Crippen LogP contribution in [0, 0.1) is 5.92 Å². The summed E-state index contributed by atoms with van der Waals surface area (Å²) in [7, 11) is 0. The number of hydrogen-bond acceptors (Lipinski definition) is 4. The first-order chi connectivity index (χ1) is 8.29. The van der Waals surface area contributed by atoms with Gasteiger partial charge in [-0.3, -0.25) is 4.98 Å². The molecule has 0 aromatic carbocycles. The lowest BCUT2D eigenvalue weighted by Crippen LogP contribution is -2.38. The van der Waals surface area contributed by atoms with Crippen LogP contribution in [-0.4, -0.2) is 36.1 Å². The fourth-order valence-corrected chi connectivity index (χ4v) is 2.40. The standard InChI is InChI=1S/C12H19ClN4/c1-2-17(9-10-4-3-5-14-6-10)12-8-15-7-11(13)16-12/h7-8,10,14H,2-6,9H2,1H3. The SMILES string of the molecule is CCN(CC1CCCNC1)c1cncc(Cl)n1. The molecule has 2 heterocycles. The number of halogens is 1. The van der Waals surface area contributed by atoms with Gasteiger partial charge in [-0.05, 0) is 38.8 Å². The first kappa shape index (κ1) is 12.6. The van der Waals surface area contributed by atoms with E-state index in [1.165, 1.54) is 12.8 Å². The third kappa shape index (κ3) is 3.54. The summed E-state index contributed by atoms with van der Waals surface area (Å²) in [6, 6.07) is 0. The Balaban J connectivity index is 2.00. The first-order valence-corrected chi connectivity index (χ1v) is 6.60. The van der Waals surface area contributed by atoms with Gasteiger partial charge in [-0.1, -0.05) is 11.6 Å². The van der Waals surface area contributed by atoms with Crippen molar-refractivity contribution in [2.24, 2.45) is 5.92 Å².